The van der Waals surface area contributed by atoms with E-state index in [0.29, 0.717) is 0 Å². The van der Waals surface area contributed by atoms with Gasteiger partial charge in [-0.2, -0.15) is 0 Å². The van der Waals surface area contributed by atoms with Gasteiger partial charge >= 0.3 is 0 Å². The number of benzene rings is 1. The van der Waals surface area contributed by atoms with Gasteiger partial charge in [-0.25, -0.2) is 4.99 Å². The third-order valence-electron chi connectivity index (χ3n) is 4.11. The molecule has 0 saturated heterocycles. The van der Waals surface area contributed by atoms with Crippen LogP contribution in [0, 0.1) is 0 Å². The van der Waals surface area contributed by atoms with Crippen molar-refractivity contribution in [2.45, 2.75) is 38.1 Å². The molecule has 1 aliphatic heterocycles. The van der Waals surface area contributed by atoms with Crippen molar-refractivity contribution in [1.82, 2.24) is 0 Å². The van der Waals surface area contributed by atoms with Gasteiger partial charge < -0.3 is 0 Å². The molecule has 0 bridgehead atoms. The summed E-state index contributed by atoms with van der Waals surface area (Å²) in [5.41, 5.74) is 3.19. The van der Waals surface area contributed by atoms with Gasteiger partial charge in [0, 0.05) is 18.9 Å². The second-order valence-electron chi connectivity index (χ2n) is 6.03. The summed E-state index contributed by atoms with van der Waals surface area (Å²) < 4.78 is 0. The van der Waals surface area contributed by atoms with Gasteiger partial charge in [0.25, 0.3) is 0 Å². The molecule has 1 spiro atoms. The first-order valence-electron chi connectivity index (χ1n) is 6.40. The first-order valence-corrected chi connectivity index (χ1v) is 6.40. The van der Waals surface area contributed by atoms with Crippen LogP contribution < -0.4 is 4.99 Å². The molecule has 1 aromatic carbocycles. The number of ketones is 1. The number of hydrogen-bond acceptors (Lipinski definition) is 1. The maximum absolute atomic E-state index is 12.0. The molecule has 92 valence electrons. The fraction of sp³-hybridized carbons (Fsp3) is 0.375. The Kier molecular flexibility index (Phi) is 2.16. The second kappa shape index (κ2) is 3.41. The highest BCUT2D eigenvalue weighted by molar-refractivity contribution is 6.10. The van der Waals surface area contributed by atoms with Gasteiger partial charge in [-0.1, -0.05) is 30.3 Å². The Bertz CT molecular complexity index is 595. The molecule has 0 fully saturated rings. The molecule has 0 saturated carbocycles. The van der Waals surface area contributed by atoms with E-state index in [0.717, 1.165) is 17.5 Å². The summed E-state index contributed by atoms with van der Waals surface area (Å²) in [5, 5.41) is 0. The van der Waals surface area contributed by atoms with E-state index in [1.54, 1.807) is 6.08 Å². The number of carbonyl (C=O) groups is 1. The van der Waals surface area contributed by atoms with Gasteiger partial charge in [0.2, 0.25) is 0 Å². The average Bonchev–Trinajstić information content (AvgIpc) is 2.55. The number of carbonyl (C=O) groups excluding carboxylic acids is 1. The summed E-state index contributed by atoms with van der Waals surface area (Å²) >= 11 is 0. The molecule has 1 N–H and O–H groups in total. The molecule has 2 aliphatic rings. The van der Waals surface area contributed by atoms with E-state index in [4.69, 9.17) is 0 Å². The minimum atomic E-state index is -0.117. The van der Waals surface area contributed by atoms with Gasteiger partial charge in [-0.15, -0.1) is 0 Å². The average molecular weight is 240 g/mol. The van der Waals surface area contributed by atoms with Crippen molar-refractivity contribution in [2.24, 2.45) is 0 Å². The van der Waals surface area contributed by atoms with E-state index in [9.17, 15) is 4.79 Å². The largest absolute Gasteiger partial charge is 0.289 e. The Morgan fingerprint density at radius 3 is 2.61 bits per heavy atom. The van der Waals surface area contributed by atoms with E-state index in [1.807, 2.05) is 18.2 Å². The van der Waals surface area contributed by atoms with Crippen molar-refractivity contribution in [3.8, 4) is 0 Å². The van der Waals surface area contributed by atoms with Crippen LogP contribution in [0.2, 0.25) is 0 Å². The zero-order chi connectivity index (χ0) is 13.0. The van der Waals surface area contributed by atoms with Crippen LogP contribution in [0.1, 0.15) is 43.1 Å². The SMILES string of the molecule is CC1=[NH+]C(C)(C)CC12C=CC(=O)c1ccccc12. The van der Waals surface area contributed by atoms with Crippen molar-refractivity contribution in [3.63, 3.8) is 0 Å². The van der Waals surface area contributed by atoms with Gasteiger partial charge in [-0.3, -0.25) is 4.79 Å². The molecule has 1 atom stereocenters. The fourth-order valence-electron chi connectivity index (χ4n) is 3.46. The van der Waals surface area contributed by atoms with Crippen LogP contribution in [0.5, 0.6) is 0 Å². The molecule has 1 unspecified atom stereocenters. The summed E-state index contributed by atoms with van der Waals surface area (Å²) in [5.74, 6) is 0.119. The molecular weight excluding hydrogens is 222 g/mol. The molecule has 0 radical (unpaired) electrons. The number of nitrogens with one attached hydrogen (secondary N) is 1. The van der Waals surface area contributed by atoms with Crippen LogP contribution in [0.25, 0.3) is 0 Å². The smallest absolute Gasteiger partial charge is 0.185 e. The number of allylic oxidation sites excluding steroid dienone is 2. The van der Waals surface area contributed by atoms with E-state index in [2.05, 4.69) is 37.9 Å². The highest BCUT2D eigenvalue weighted by Gasteiger charge is 2.52. The zero-order valence-electron chi connectivity index (χ0n) is 11.1. The van der Waals surface area contributed by atoms with Gasteiger partial charge in [0.05, 0.1) is 0 Å². The third-order valence-corrected chi connectivity index (χ3v) is 4.11. The maximum Gasteiger partial charge on any atom is 0.185 e. The Morgan fingerprint density at radius 1 is 1.22 bits per heavy atom. The van der Waals surface area contributed by atoms with Crippen molar-refractivity contribution in [1.29, 1.82) is 0 Å². The van der Waals surface area contributed by atoms with Gasteiger partial charge in [-0.05, 0) is 25.5 Å². The van der Waals surface area contributed by atoms with Crippen LogP contribution in [0.3, 0.4) is 0 Å². The van der Waals surface area contributed by atoms with Crippen LogP contribution in [0.15, 0.2) is 36.4 Å². The molecule has 1 heterocycles. The number of fused-ring (bicyclic) bond motifs is 2. The van der Waals surface area contributed by atoms with Crippen LogP contribution >= 0.6 is 0 Å². The molecule has 2 nitrogen and oxygen atoms in total. The lowest BCUT2D eigenvalue weighted by atomic mass is 9.68. The molecule has 0 amide bonds. The first-order chi connectivity index (χ1) is 8.45. The topological polar surface area (TPSA) is 31.0 Å². The molecule has 1 aromatic rings. The quantitative estimate of drug-likeness (QED) is 0.730. The number of rotatable bonds is 0. The second-order valence-corrected chi connectivity index (χ2v) is 6.03. The molecule has 1 aliphatic carbocycles. The van der Waals surface area contributed by atoms with Crippen molar-refractivity contribution < 1.29 is 9.79 Å². The van der Waals surface area contributed by atoms with Gasteiger partial charge in [0.15, 0.2) is 17.0 Å². The zero-order valence-corrected chi connectivity index (χ0v) is 11.1. The predicted octanol–water partition coefficient (Wildman–Crippen LogP) is 1.40. The van der Waals surface area contributed by atoms with Crippen LogP contribution in [0.4, 0.5) is 0 Å². The lowest BCUT2D eigenvalue weighted by molar-refractivity contribution is -0.534. The van der Waals surface area contributed by atoms with E-state index >= 15 is 0 Å². The van der Waals surface area contributed by atoms with Crippen LogP contribution in [-0.2, 0) is 5.41 Å². The summed E-state index contributed by atoms with van der Waals surface area (Å²) in [6.07, 6.45) is 4.80. The van der Waals surface area contributed by atoms with E-state index in [-0.39, 0.29) is 16.7 Å². The van der Waals surface area contributed by atoms with Gasteiger partial charge in [0.1, 0.15) is 5.41 Å². The third kappa shape index (κ3) is 1.41. The molecule has 2 heteroatoms. The molecule has 3 rings (SSSR count). The summed E-state index contributed by atoms with van der Waals surface area (Å²) in [4.78, 5) is 15.5. The van der Waals surface area contributed by atoms with Crippen molar-refractivity contribution >= 4 is 11.5 Å². The van der Waals surface area contributed by atoms with Crippen molar-refractivity contribution in [2.75, 3.05) is 0 Å². The predicted molar refractivity (Wildman–Crippen MR) is 71.9 cm³/mol. The summed E-state index contributed by atoms with van der Waals surface area (Å²) in [6, 6.07) is 7.98. The fourth-order valence-corrected chi connectivity index (χ4v) is 3.46. The Morgan fingerprint density at radius 2 is 1.94 bits per heavy atom. The summed E-state index contributed by atoms with van der Waals surface area (Å²) in [6.45, 7) is 6.54. The maximum atomic E-state index is 12.0. The minimum Gasteiger partial charge on any atom is -0.289 e. The van der Waals surface area contributed by atoms with Crippen LogP contribution in [-0.4, -0.2) is 17.0 Å². The highest BCUT2D eigenvalue weighted by atomic mass is 16.1. The molecule has 18 heavy (non-hydrogen) atoms. The standard InChI is InChI=1S/C16H17NO/c1-11-16(10-15(2,3)17-11)9-8-14(18)12-6-4-5-7-13(12)16/h4-9H,10H2,1-3H3/p+1. The normalized spacial score (nSPS) is 28.4. The minimum absolute atomic E-state index is 0.0714. The molecule has 0 aromatic heterocycles. The molecular formula is C16H18NO+. The monoisotopic (exact) mass is 240 g/mol. The summed E-state index contributed by atoms with van der Waals surface area (Å²) in [7, 11) is 0. The van der Waals surface area contributed by atoms with Crippen molar-refractivity contribution in [3.05, 3.63) is 47.5 Å². The van der Waals surface area contributed by atoms with E-state index in [1.165, 1.54) is 5.71 Å². The van der Waals surface area contributed by atoms with E-state index < -0.39 is 0 Å². The number of hydrogen-bond donors (Lipinski definition) is 1. The first kappa shape index (κ1) is 11.4. The Balaban J connectivity index is 2.24. The lowest BCUT2D eigenvalue weighted by Crippen LogP contribution is -2.81. The Labute approximate surface area is 107 Å². The Hall–Kier alpha value is -1.70. The lowest BCUT2D eigenvalue weighted by Gasteiger charge is -2.29. The highest BCUT2D eigenvalue weighted by Crippen LogP contribution is 2.40.